The van der Waals surface area contributed by atoms with Crippen LogP contribution in [0.2, 0.25) is 0 Å². The molecule has 2 N–H and O–H groups in total. The maximum atomic E-state index is 13.9. The van der Waals surface area contributed by atoms with E-state index in [9.17, 15) is 4.39 Å². The van der Waals surface area contributed by atoms with E-state index in [1.807, 2.05) is 18.2 Å². The first-order valence-electron chi connectivity index (χ1n) is 7.26. The Morgan fingerprint density at radius 1 is 1.10 bits per heavy atom. The zero-order chi connectivity index (χ0) is 14.8. The maximum Gasteiger partial charge on any atom is 0.125 e. The van der Waals surface area contributed by atoms with Crippen LogP contribution < -0.4 is 15.5 Å². The van der Waals surface area contributed by atoms with Crippen molar-refractivity contribution in [2.45, 2.75) is 6.42 Å². The molecule has 0 bridgehead atoms. The van der Waals surface area contributed by atoms with Crippen LogP contribution in [-0.2, 0) is 6.42 Å². The number of anilines is 3. The summed E-state index contributed by atoms with van der Waals surface area (Å²) in [7, 11) is 2.08. The standard InChI is InChI=1S/C17H20FN3/c1-20-8-9-21(17-5-3-2-4-16(17)20)15-11-13(6-7-19)10-14(18)12-15/h2-5,10-12H,6-9,19H2,1H3. The van der Waals surface area contributed by atoms with Gasteiger partial charge in [0.15, 0.2) is 0 Å². The van der Waals surface area contributed by atoms with Gasteiger partial charge in [-0.05, 0) is 48.9 Å². The van der Waals surface area contributed by atoms with Crippen molar-refractivity contribution in [1.29, 1.82) is 0 Å². The molecule has 0 amide bonds. The smallest absolute Gasteiger partial charge is 0.125 e. The first kappa shape index (κ1) is 13.9. The van der Waals surface area contributed by atoms with Gasteiger partial charge in [0, 0.05) is 25.8 Å². The van der Waals surface area contributed by atoms with Gasteiger partial charge in [-0.1, -0.05) is 12.1 Å². The normalized spacial score (nSPS) is 14.2. The lowest BCUT2D eigenvalue weighted by Gasteiger charge is -2.37. The number of nitrogens with two attached hydrogens (primary N) is 1. The van der Waals surface area contributed by atoms with Crippen LogP contribution in [0.3, 0.4) is 0 Å². The van der Waals surface area contributed by atoms with E-state index in [1.165, 1.54) is 5.69 Å². The van der Waals surface area contributed by atoms with E-state index in [1.54, 1.807) is 12.1 Å². The van der Waals surface area contributed by atoms with Gasteiger partial charge < -0.3 is 15.5 Å². The van der Waals surface area contributed by atoms with Gasteiger partial charge in [-0.15, -0.1) is 0 Å². The Bertz CT molecular complexity index is 642. The average molecular weight is 285 g/mol. The SMILES string of the molecule is CN1CCN(c2cc(F)cc(CCN)c2)c2ccccc21. The fourth-order valence-corrected chi connectivity index (χ4v) is 2.87. The van der Waals surface area contributed by atoms with Gasteiger partial charge in [0.2, 0.25) is 0 Å². The molecule has 3 rings (SSSR count). The molecule has 3 nitrogen and oxygen atoms in total. The molecule has 0 atom stereocenters. The van der Waals surface area contributed by atoms with Gasteiger partial charge in [0.05, 0.1) is 11.4 Å². The second kappa shape index (κ2) is 5.74. The molecule has 110 valence electrons. The van der Waals surface area contributed by atoms with Crippen molar-refractivity contribution in [3.8, 4) is 0 Å². The third-order valence-corrected chi connectivity index (χ3v) is 3.93. The van der Waals surface area contributed by atoms with Crippen LogP contribution in [0.1, 0.15) is 5.56 Å². The van der Waals surface area contributed by atoms with E-state index in [-0.39, 0.29) is 5.82 Å². The minimum atomic E-state index is -0.202. The molecule has 0 fully saturated rings. The summed E-state index contributed by atoms with van der Waals surface area (Å²) in [5, 5.41) is 0. The lowest BCUT2D eigenvalue weighted by atomic mass is 10.1. The Balaban J connectivity index is 2.03. The third kappa shape index (κ3) is 2.72. The summed E-state index contributed by atoms with van der Waals surface area (Å²) in [6, 6.07) is 13.4. The minimum Gasteiger partial charge on any atom is -0.371 e. The van der Waals surface area contributed by atoms with Gasteiger partial charge >= 0.3 is 0 Å². The highest BCUT2D eigenvalue weighted by molar-refractivity contribution is 5.79. The summed E-state index contributed by atoms with van der Waals surface area (Å²) in [6.45, 7) is 2.29. The highest BCUT2D eigenvalue weighted by Gasteiger charge is 2.21. The van der Waals surface area contributed by atoms with Crippen molar-refractivity contribution in [1.82, 2.24) is 0 Å². The molecule has 21 heavy (non-hydrogen) atoms. The average Bonchev–Trinajstić information content (AvgIpc) is 2.47. The molecule has 0 aliphatic carbocycles. The first-order valence-corrected chi connectivity index (χ1v) is 7.26. The van der Waals surface area contributed by atoms with Crippen molar-refractivity contribution >= 4 is 17.1 Å². The number of hydrogen-bond donors (Lipinski definition) is 1. The summed E-state index contributed by atoms with van der Waals surface area (Å²) in [5.41, 5.74) is 9.74. The molecule has 0 unspecified atom stereocenters. The third-order valence-electron chi connectivity index (χ3n) is 3.93. The summed E-state index contributed by atoms with van der Waals surface area (Å²) >= 11 is 0. The number of fused-ring (bicyclic) bond motifs is 1. The molecular formula is C17H20FN3. The zero-order valence-corrected chi connectivity index (χ0v) is 12.2. The minimum absolute atomic E-state index is 0.202. The molecule has 1 aliphatic heterocycles. The van der Waals surface area contributed by atoms with E-state index in [4.69, 9.17) is 5.73 Å². The summed E-state index contributed by atoms with van der Waals surface area (Å²) in [6.07, 6.45) is 0.695. The summed E-state index contributed by atoms with van der Waals surface area (Å²) in [4.78, 5) is 4.41. The first-order chi connectivity index (χ1) is 10.2. The Labute approximate surface area is 124 Å². The van der Waals surface area contributed by atoms with Crippen LogP contribution in [-0.4, -0.2) is 26.7 Å². The van der Waals surface area contributed by atoms with Crippen LogP contribution in [0.4, 0.5) is 21.5 Å². The monoisotopic (exact) mass is 285 g/mol. The highest BCUT2D eigenvalue weighted by atomic mass is 19.1. The quantitative estimate of drug-likeness (QED) is 0.941. The van der Waals surface area contributed by atoms with Crippen LogP contribution in [0, 0.1) is 5.82 Å². The second-order valence-electron chi connectivity index (χ2n) is 5.42. The van der Waals surface area contributed by atoms with Crippen molar-refractivity contribution in [3.05, 3.63) is 53.8 Å². The molecule has 0 spiro atoms. The lowest BCUT2D eigenvalue weighted by molar-refractivity contribution is 0.624. The van der Waals surface area contributed by atoms with Crippen molar-refractivity contribution in [2.24, 2.45) is 5.73 Å². The molecule has 4 heteroatoms. The van der Waals surface area contributed by atoms with E-state index >= 15 is 0 Å². The Morgan fingerprint density at radius 2 is 1.86 bits per heavy atom. The fourth-order valence-electron chi connectivity index (χ4n) is 2.87. The maximum absolute atomic E-state index is 13.9. The van der Waals surface area contributed by atoms with E-state index in [2.05, 4.69) is 29.0 Å². The van der Waals surface area contributed by atoms with Crippen LogP contribution in [0.15, 0.2) is 42.5 Å². The van der Waals surface area contributed by atoms with Crippen molar-refractivity contribution in [2.75, 3.05) is 36.5 Å². The van der Waals surface area contributed by atoms with Crippen molar-refractivity contribution < 1.29 is 4.39 Å². The van der Waals surface area contributed by atoms with Gasteiger partial charge in [-0.3, -0.25) is 0 Å². The van der Waals surface area contributed by atoms with Crippen LogP contribution in [0.5, 0.6) is 0 Å². The highest BCUT2D eigenvalue weighted by Crippen LogP contribution is 2.37. The number of para-hydroxylation sites is 2. The van der Waals surface area contributed by atoms with Crippen LogP contribution >= 0.6 is 0 Å². The lowest BCUT2D eigenvalue weighted by Crippen LogP contribution is -2.36. The molecule has 2 aromatic carbocycles. The molecule has 0 radical (unpaired) electrons. The van der Waals surface area contributed by atoms with Gasteiger partial charge in [0.1, 0.15) is 5.82 Å². The molecule has 0 saturated heterocycles. The predicted molar refractivity (Wildman–Crippen MR) is 85.9 cm³/mol. The molecule has 0 aromatic heterocycles. The van der Waals surface area contributed by atoms with Crippen LogP contribution in [0.25, 0.3) is 0 Å². The number of benzene rings is 2. The molecule has 0 saturated carbocycles. The summed E-state index contributed by atoms with van der Waals surface area (Å²) in [5.74, 6) is -0.202. The summed E-state index contributed by atoms with van der Waals surface area (Å²) < 4.78 is 13.9. The Kier molecular flexibility index (Phi) is 3.80. The number of hydrogen-bond acceptors (Lipinski definition) is 3. The largest absolute Gasteiger partial charge is 0.371 e. The van der Waals surface area contributed by atoms with Crippen molar-refractivity contribution in [3.63, 3.8) is 0 Å². The molecular weight excluding hydrogens is 265 g/mol. The second-order valence-corrected chi connectivity index (χ2v) is 5.42. The zero-order valence-electron chi connectivity index (χ0n) is 12.2. The van der Waals surface area contributed by atoms with Gasteiger partial charge in [-0.25, -0.2) is 4.39 Å². The predicted octanol–water partition coefficient (Wildman–Crippen LogP) is 2.91. The number of halogens is 1. The molecule has 1 aliphatic rings. The Morgan fingerprint density at radius 3 is 2.62 bits per heavy atom. The van der Waals surface area contributed by atoms with Gasteiger partial charge in [-0.2, -0.15) is 0 Å². The molecule has 2 aromatic rings. The number of nitrogens with zero attached hydrogens (tertiary/aromatic N) is 2. The van der Waals surface area contributed by atoms with E-state index in [0.29, 0.717) is 13.0 Å². The number of likely N-dealkylation sites (N-methyl/N-ethyl adjacent to an activating group) is 1. The van der Waals surface area contributed by atoms with Gasteiger partial charge in [0.25, 0.3) is 0 Å². The number of rotatable bonds is 3. The molecule has 1 heterocycles. The fraction of sp³-hybridized carbons (Fsp3) is 0.294. The van der Waals surface area contributed by atoms with E-state index < -0.39 is 0 Å². The Hall–Kier alpha value is -2.07. The van der Waals surface area contributed by atoms with E-state index in [0.717, 1.165) is 30.0 Å². The topological polar surface area (TPSA) is 32.5 Å².